The summed E-state index contributed by atoms with van der Waals surface area (Å²) in [7, 11) is -2.98. The van der Waals surface area contributed by atoms with E-state index in [4.69, 9.17) is 0 Å². The van der Waals surface area contributed by atoms with Gasteiger partial charge in [0.25, 0.3) is 0 Å². The minimum atomic E-state index is -4.72. The zero-order chi connectivity index (χ0) is 17.8. The number of halogens is 3. The molecule has 0 saturated carbocycles. The van der Waals surface area contributed by atoms with Crippen LogP contribution in [0.4, 0.5) is 13.2 Å². The number of allylic oxidation sites excluding steroid dienone is 1. The van der Waals surface area contributed by atoms with Gasteiger partial charge >= 0.3 is 12.1 Å². The minimum absolute atomic E-state index is 0.0401. The Bertz CT molecular complexity index is 724. The maximum absolute atomic E-state index is 13.0. The van der Waals surface area contributed by atoms with Crippen LogP contribution < -0.4 is 4.72 Å². The van der Waals surface area contributed by atoms with E-state index >= 15 is 0 Å². The van der Waals surface area contributed by atoms with Crippen LogP contribution in [0.5, 0.6) is 0 Å². The number of sulfonamides is 1. The molecule has 0 aromatic heterocycles. The molecule has 23 heavy (non-hydrogen) atoms. The highest BCUT2D eigenvalue weighted by Crippen LogP contribution is 2.33. The Morgan fingerprint density at radius 2 is 1.91 bits per heavy atom. The van der Waals surface area contributed by atoms with Gasteiger partial charge in [0.1, 0.15) is 0 Å². The highest BCUT2D eigenvalue weighted by Gasteiger charge is 2.32. The van der Waals surface area contributed by atoms with Crippen LogP contribution in [-0.4, -0.2) is 28.0 Å². The van der Waals surface area contributed by atoms with Crippen LogP contribution in [-0.2, 0) is 25.7 Å². The number of nitrogens with one attached hydrogen (secondary N) is 1. The van der Waals surface area contributed by atoms with Gasteiger partial charge in [0, 0.05) is 6.08 Å². The maximum Gasteiger partial charge on any atom is 0.416 e. The highest BCUT2D eigenvalue weighted by molar-refractivity contribution is 7.89. The van der Waals surface area contributed by atoms with Crippen molar-refractivity contribution in [2.45, 2.75) is 24.9 Å². The molecule has 1 aromatic carbocycles. The lowest BCUT2D eigenvalue weighted by atomic mass is 10.0. The molecule has 0 radical (unpaired) electrons. The third-order valence-electron chi connectivity index (χ3n) is 2.89. The van der Waals surface area contributed by atoms with E-state index in [1.165, 1.54) is 6.92 Å². The first-order valence-corrected chi connectivity index (χ1v) is 8.01. The molecule has 0 atom stereocenters. The van der Waals surface area contributed by atoms with E-state index in [1.54, 1.807) is 6.92 Å². The monoisotopic (exact) mass is 351 g/mol. The lowest BCUT2D eigenvalue weighted by molar-refractivity contribution is -0.138. The van der Waals surface area contributed by atoms with E-state index in [2.05, 4.69) is 4.74 Å². The Kier molecular flexibility index (Phi) is 5.95. The van der Waals surface area contributed by atoms with Crippen LogP contribution in [0.1, 0.15) is 25.0 Å². The average molecular weight is 351 g/mol. The fourth-order valence-corrected chi connectivity index (χ4v) is 2.51. The van der Waals surface area contributed by atoms with E-state index in [1.807, 2.05) is 4.72 Å². The third kappa shape index (κ3) is 5.07. The van der Waals surface area contributed by atoms with Gasteiger partial charge in [0.2, 0.25) is 10.0 Å². The van der Waals surface area contributed by atoms with E-state index in [0.29, 0.717) is 6.07 Å². The highest BCUT2D eigenvalue weighted by atomic mass is 32.2. The Hall–Kier alpha value is -1.87. The molecular weight excluding hydrogens is 335 g/mol. The van der Waals surface area contributed by atoms with Crippen LogP contribution in [0.15, 0.2) is 29.2 Å². The summed E-state index contributed by atoms with van der Waals surface area (Å²) >= 11 is 0. The molecule has 0 unspecified atom stereocenters. The number of ether oxygens (including phenoxy) is 1. The maximum atomic E-state index is 13.0. The molecule has 0 amide bonds. The molecule has 0 heterocycles. The van der Waals surface area contributed by atoms with Crippen LogP contribution in [0.25, 0.3) is 5.57 Å². The Morgan fingerprint density at radius 1 is 1.30 bits per heavy atom. The van der Waals surface area contributed by atoms with E-state index in [9.17, 15) is 26.4 Å². The van der Waals surface area contributed by atoms with Crippen LogP contribution in [0.2, 0.25) is 0 Å². The molecule has 0 aliphatic carbocycles. The lowest BCUT2D eigenvalue weighted by Gasteiger charge is -2.12. The van der Waals surface area contributed by atoms with Gasteiger partial charge in [0.05, 0.1) is 17.1 Å². The van der Waals surface area contributed by atoms with Gasteiger partial charge in [-0.1, -0.05) is 0 Å². The fraction of sp³-hybridized carbons (Fsp3) is 0.357. The van der Waals surface area contributed by atoms with Gasteiger partial charge in [0.15, 0.2) is 0 Å². The molecule has 0 spiro atoms. The van der Waals surface area contributed by atoms with Gasteiger partial charge in [-0.3, -0.25) is 0 Å². The average Bonchev–Trinajstić information content (AvgIpc) is 2.46. The first-order chi connectivity index (χ1) is 10.5. The van der Waals surface area contributed by atoms with Crippen molar-refractivity contribution in [3.8, 4) is 0 Å². The second-order valence-corrected chi connectivity index (χ2v) is 6.42. The van der Waals surface area contributed by atoms with Gasteiger partial charge in [-0.15, -0.1) is 0 Å². The number of alkyl halides is 3. The molecule has 5 nitrogen and oxygen atoms in total. The Morgan fingerprint density at radius 3 is 2.39 bits per heavy atom. The molecular formula is C14H16F3NO4S. The number of carbonyl (C=O) groups excluding carboxylic acids is 1. The van der Waals surface area contributed by atoms with Gasteiger partial charge in [-0.25, -0.2) is 17.9 Å². The van der Waals surface area contributed by atoms with Crippen molar-refractivity contribution in [3.63, 3.8) is 0 Å². The van der Waals surface area contributed by atoms with Crippen molar-refractivity contribution in [2.24, 2.45) is 0 Å². The van der Waals surface area contributed by atoms with Crippen molar-refractivity contribution in [2.75, 3.05) is 13.7 Å². The van der Waals surface area contributed by atoms with Crippen molar-refractivity contribution in [3.05, 3.63) is 35.4 Å². The first kappa shape index (κ1) is 19.2. The molecule has 128 valence electrons. The normalized spacial score (nSPS) is 13.0. The molecule has 0 saturated heterocycles. The van der Waals surface area contributed by atoms with E-state index in [0.717, 1.165) is 25.3 Å². The Labute approximate surface area is 132 Å². The number of hydrogen-bond acceptors (Lipinski definition) is 4. The van der Waals surface area contributed by atoms with Crippen molar-refractivity contribution < 1.29 is 31.1 Å². The van der Waals surface area contributed by atoms with Crippen molar-refractivity contribution in [1.82, 2.24) is 4.72 Å². The van der Waals surface area contributed by atoms with Gasteiger partial charge in [-0.2, -0.15) is 13.2 Å². The van der Waals surface area contributed by atoms with Crippen molar-refractivity contribution in [1.29, 1.82) is 0 Å². The molecule has 0 aliphatic heterocycles. The first-order valence-electron chi connectivity index (χ1n) is 6.52. The van der Waals surface area contributed by atoms with Gasteiger partial charge in [-0.05, 0) is 50.2 Å². The molecule has 1 N–H and O–H groups in total. The fourth-order valence-electron chi connectivity index (χ4n) is 1.71. The largest absolute Gasteiger partial charge is 0.463 e. The summed E-state index contributed by atoms with van der Waals surface area (Å²) < 4.78 is 69.1. The summed E-state index contributed by atoms with van der Waals surface area (Å²) in [6.07, 6.45) is -3.72. The SMILES string of the molecule is CCOC(=O)/C=C(/C)c1cc(C(F)(F)F)cc(S(=O)(=O)NC)c1. The zero-order valence-electron chi connectivity index (χ0n) is 12.7. The molecule has 9 heteroatoms. The summed E-state index contributed by atoms with van der Waals surface area (Å²) in [5, 5.41) is 0. The lowest BCUT2D eigenvalue weighted by Crippen LogP contribution is -2.19. The Balaban J connectivity index is 3.49. The quantitative estimate of drug-likeness (QED) is 0.654. The number of hydrogen-bond donors (Lipinski definition) is 1. The minimum Gasteiger partial charge on any atom is -0.463 e. The van der Waals surface area contributed by atoms with Gasteiger partial charge < -0.3 is 4.74 Å². The van der Waals surface area contributed by atoms with Crippen LogP contribution in [0, 0.1) is 0 Å². The number of carbonyl (C=O) groups is 1. The summed E-state index contributed by atoms with van der Waals surface area (Å²) in [6, 6.07) is 2.37. The predicted octanol–water partition coefficient (Wildman–Crippen LogP) is 2.58. The third-order valence-corrected chi connectivity index (χ3v) is 4.28. The summed E-state index contributed by atoms with van der Waals surface area (Å²) in [5.74, 6) is -0.722. The number of rotatable bonds is 5. The number of esters is 1. The molecule has 0 aliphatic rings. The number of benzene rings is 1. The standard InChI is InChI=1S/C14H16F3NO4S/c1-4-22-13(19)5-9(2)10-6-11(14(15,16)17)8-12(7-10)23(20,21)18-3/h5-8,18H,4H2,1-3H3/b9-5-. The summed E-state index contributed by atoms with van der Waals surface area (Å²) in [4.78, 5) is 10.9. The smallest absolute Gasteiger partial charge is 0.416 e. The van der Waals surface area contributed by atoms with E-state index in [-0.39, 0.29) is 17.7 Å². The molecule has 0 bridgehead atoms. The van der Waals surface area contributed by atoms with Crippen LogP contribution >= 0.6 is 0 Å². The summed E-state index contributed by atoms with van der Waals surface area (Å²) in [6.45, 7) is 3.09. The molecule has 1 aromatic rings. The van der Waals surface area contributed by atoms with Crippen molar-refractivity contribution >= 4 is 21.6 Å². The predicted molar refractivity (Wildman–Crippen MR) is 78.0 cm³/mol. The second kappa shape index (κ2) is 7.14. The molecule has 1 rings (SSSR count). The zero-order valence-corrected chi connectivity index (χ0v) is 13.5. The summed E-state index contributed by atoms with van der Waals surface area (Å²) in [5.41, 5.74) is -1.01. The van der Waals surface area contributed by atoms with Crippen LogP contribution in [0.3, 0.4) is 0 Å². The van der Waals surface area contributed by atoms with E-state index < -0.39 is 32.6 Å². The topological polar surface area (TPSA) is 72.5 Å². The second-order valence-electron chi connectivity index (χ2n) is 4.53. The molecule has 0 fully saturated rings.